The van der Waals surface area contributed by atoms with Gasteiger partial charge in [0, 0.05) is 89.1 Å². The lowest BCUT2D eigenvalue weighted by molar-refractivity contribution is -0.646. The number of aryl methyl sites for hydroxylation is 2. The van der Waals surface area contributed by atoms with E-state index in [1.165, 1.54) is 57.1 Å². The number of anilines is 1. The molecule has 382 valence electrons. The third kappa shape index (κ3) is 10.7. The van der Waals surface area contributed by atoms with E-state index in [0.29, 0.717) is 27.1 Å². The Labute approximate surface area is 440 Å². The highest BCUT2D eigenvalue weighted by Crippen LogP contribution is 2.38. The average Bonchev–Trinajstić information content (AvgIpc) is 3.74. The lowest BCUT2D eigenvalue weighted by Crippen LogP contribution is -2.32. The van der Waals surface area contributed by atoms with E-state index < -0.39 is 35.0 Å². The Kier molecular flexibility index (Phi) is 15.5. The monoisotopic (exact) mass is 1010 g/mol. The Balaban J connectivity index is 0.000000156. The van der Waals surface area contributed by atoms with Crippen molar-refractivity contribution in [2.75, 3.05) is 19.0 Å². The van der Waals surface area contributed by atoms with E-state index in [-0.39, 0.29) is 52.0 Å². The summed E-state index contributed by atoms with van der Waals surface area (Å²) in [5.41, 5.74) is 10.3. The normalized spacial score (nSPS) is 12.0. The molecule has 76 heavy (non-hydrogen) atoms. The van der Waals surface area contributed by atoms with E-state index in [4.69, 9.17) is 0 Å². The van der Waals surface area contributed by atoms with E-state index in [9.17, 15) is 44.7 Å². The van der Waals surface area contributed by atoms with Gasteiger partial charge in [-0.3, -0.25) is 9.59 Å². The number of nitrogens with zero attached hydrogens (tertiary/aromatic N) is 3. The Morgan fingerprint density at radius 3 is 1.88 bits per heavy atom. The highest BCUT2D eigenvalue weighted by Gasteiger charge is 2.32. The Hall–Kier alpha value is -9.55. The topological polar surface area (TPSA) is 184 Å². The number of Topliss-reactive ketones (excluding diaryl/α,β-unsaturated/α-hetero) is 2. The molecule has 12 nitrogen and oxygen atoms in total. The molecule has 0 saturated carbocycles. The largest absolute Gasteiger partial charge is 0.872 e. The summed E-state index contributed by atoms with van der Waals surface area (Å²) in [5.74, 6) is -4.94. The molecule has 10 rings (SSSR count). The number of phenols is 1. The molecule has 0 spiro atoms. The van der Waals surface area contributed by atoms with Crippen molar-refractivity contribution in [1.82, 2.24) is 4.57 Å². The quantitative estimate of drug-likeness (QED) is 0.0584. The first-order valence-corrected chi connectivity index (χ1v) is 24.5. The number of fused-ring (bicyclic) bond motifs is 4. The second-order valence-electron chi connectivity index (χ2n) is 19.0. The minimum absolute atomic E-state index is 0.0762. The SMILES string of the molecule is CC(C)=CCC1=C(O)c2ccccc2C(=O)C1=O.Cc1cc(C=Cc2ccc3cc(N(C)C)ccc3[n+]2C)c(C)n1-c1ccccc1.O=C(O)c1cc2ccccc2c(Cc2c(O)c(C(=O)O)cc3ccccc23)c1[O-]. The lowest BCUT2D eigenvalue weighted by atomic mass is 9.87. The number of hydrogen-bond acceptors (Lipinski definition) is 8. The van der Waals surface area contributed by atoms with Crippen LogP contribution in [-0.2, 0) is 18.3 Å². The molecule has 0 bridgehead atoms. The zero-order valence-electron chi connectivity index (χ0n) is 43.3. The summed E-state index contributed by atoms with van der Waals surface area (Å²) in [6, 6.07) is 46.9. The fraction of sp³-hybridized carbons (Fsp3) is 0.141. The number of hydrogen-bond donors (Lipinski definition) is 4. The second-order valence-corrected chi connectivity index (χ2v) is 19.0. The summed E-state index contributed by atoms with van der Waals surface area (Å²) in [4.78, 5) is 49.1. The third-order valence-electron chi connectivity index (χ3n) is 13.6. The van der Waals surface area contributed by atoms with Gasteiger partial charge < -0.3 is 35.0 Å². The molecule has 2 heterocycles. The highest BCUT2D eigenvalue weighted by atomic mass is 16.4. The number of para-hydroxylation sites is 1. The third-order valence-corrected chi connectivity index (χ3v) is 13.6. The summed E-state index contributed by atoms with van der Waals surface area (Å²) < 4.78 is 4.56. The number of benzene rings is 7. The van der Waals surface area contributed by atoms with Crippen LogP contribution in [0, 0.1) is 13.8 Å². The van der Waals surface area contributed by atoms with Crippen LogP contribution in [0.1, 0.15) is 90.7 Å². The number of carboxylic acid groups (broad SMARTS) is 2. The van der Waals surface area contributed by atoms with E-state index in [2.05, 4.69) is 128 Å². The van der Waals surface area contributed by atoms with Crippen molar-refractivity contribution >= 4 is 79.6 Å². The van der Waals surface area contributed by atoms with Crippen LogP contribution in [0.15, 0.2) is 169 Å². The summed E-state index contributed by atoms with van der Waals surface area (Å²) in [6.45, 7) is 8.15. The molecule has 1 aliphatic rings. The van der Waals surface area contributed by atoms with E-state index in [0.717, 1.165) is 5.57 Å². The number of carbonyl (C=O) groups is 4. The maximum Gasteiger partial charge on any atom is 0.339 e. The summed E-state index contributed by atoms with van der Waals surface area (Å²) in [7, 11) is 6.28. The van der Waals surface area contributed by atoms with Crippen molar-refractivity contribution in [3.05, 3.63) is 225 Å². The lowest BCUT2D eigenvalue weighted by Gasteiger charge is -2.21. The Morgan fingerprint density at radius 2 is 1.25 bits per heavy atom. The number of aromatic hydroxyl groups is 1. The number of allylic oxidation sites excluding steroid dienone is 3. The molecular weight excluding hydrogens is 955 g/mol. The van der Waals surface area contributed by atoms with Gasteiger partial charge in [-0.1, -0.05) is 108 Å². The van der Waals surface area contributed by atoms with Gasteiger partial charge in [-0.25, -0.2) is 9.59 Å². The fourth-order valence-electron chi connectivity index (χ4n) is 9.54. The first-order chi connectivity index (χ1) is 36.4. The van der Waals surface area contributed by atoms with Crippen LogP contribution < -0.4 is 14.6 Å². The number of aliphatic hydroxyl groups is 1. The second kappa shape index (κ2) is 22.3. The number of carbonyl (C=O) groups excluding carboxylic acids is 2. The van der Waals surface area contributed by atoms with Crippen LogP contribution in [0.3, 0.4) is 0 Å². The van der Waals surface area contributed by atoms with Crippen molar-refractivity contribution in [3.63, 3.8) is 0 Å². The maximum atomic E-state index is 12.9. The fourth-order valence-corrected chi connectivity index (χ4v) is 9.54. The van der Waals surface area contributed by atoms with Crippen LogP contribution in [0.4, 0.5) is 5.69 Å². The Bertz CT molecular complexity index is 3780. The molecule has 0 amide bonds. The standard InChI is InChI=1S/C26H28N3.C23H16O6.C15H14O3/c1-19-17-21(20(2)29(19)24-9-7-6-8-10-24)11-13-23-14-12-22-18-25(27(3)4)15-16-26(22)28(23)5;24-20-16(14-7-3-1-5-12(14)9-18(20)22(26)27)11-17-15-8-4-2-6-13(15)10-19(21(17)25)23(28)29;1-9(2)7-8-12-13(16)10-5-3-4-6-11(10)14(17)15(12)18/h6-18H,1-5H3;1-10,24-25H,11H2,(H,26,27)(H,28,29);3-7,16H,8H2,1-2H3/q+1;;/p-1. The molecule has 4 N–H and O–H groups in total. The van der Waals surface area contributed by atoms with Crippen LogP contribution in [0.2, 0.25) is 0 Å². The zero-order chi connectivity index (χ0) is 54.5. The molecule has 0 atom stereocenters. The first kappa shape index (κ1) is 52.8. The van der Waals surface area contributed by atoms with Crippen LogP contribution in [0.5, 0.6) is 11.5 Å². The zero-order valence-corrected chi connectivity index (χ0v) is 43.3. The highest BCUT2D eigenvalue weighted by molar-refractivity contribution is 6.52. The van der Waals surface area contributed by atoms with Gasteiger partial charge >= 0.3 is 11.9 Å². The van der Waals surface area contributed by atoms with Gasteiger partial charge in [-0.05, 0) is 121 Å². The van der Waals surface area contributed by atoms with Gasteiger partial charge in [-0.15, -0.1) is 0 Å². The summed E-state index contributed by atoms with van der Waals surface area (Å²) in [5, 5.41) is 56.2. The molecule has 7 aromatic carbocycles. The Morgan fingerprint density at radius 1 is 0.658 bits per heavy atom. The smallest absolute Gasteiger partial charge is 0.339 e. The van der Waals surface area contributed by atoms with Crippen molar-refractivity contribution in [1.29, 1.82) is 0 Å². The average molecular weight is 1010 g/mol. The predicted molar refractivity (Wildman–Crippen MR) is 299 cm³/mol. The van der Waals surface area contributed by atoms with E-state index in [1.807, 2.05) is 19.9 Å². The molecule has 0 saturated heterocycles. The van der Waals surface area contributed by atoms with Crippen LogP contribution >= 0.6 is 0 Å². The van der Waals surface area contributed by atoms with Gasteiger partial charge in [-0.2, -0.15) is 4.57 Å². The number of aromatic carboxylic acids is 2. The molecule has 12 heteroatoms. The number of aromatic nitrogens is 2. The molecule has 0 fully saturated rings. The number of carboxylic acids is 2. The summed E-state index contributed by atoms with van der Waals surface area (Å²) >= 11 is 0. The molecule has 0 unspecified atom stereocenters. The van der Waals surface area contributed by atoms with Crippen molar-refractivity contribution in [2.24, 2.45) is 7.05 Å². The minimum Gasteiger partial charge on any atom is -0.872 e. The molecule has 1 aliphatic carbocycles. The summed E-state index contributed by atoms with van der Waals surface area (Å²) in [6.07, 6.45) is 6.43. The number of aliphatic hydroxyl groups excluding tert-OH is 1. The molecule has 2 aromatic heterocycles. The number of pyridine rings is 1. The van der Waals surface area contributed by atoms with Crippen molar-refractivity contribution in [2.45, 2.75) is 40.5 Å². The van der Waals surface area contributed by atoms with Crippen LogP contribution in [0.25, 0.3) is 56.0 Å². The van der Waals surface area contributed by atoms with E-state index in [1.54, 1.807) is 72.8 Å². The van der Waals surface area contributed by atoms with Crippen LogP contribution in [-0.4, -0.2) is 62.6 Å². The van der Waals surface area contributed by atoms with Gasteiger partial charge in [0.15, 0.2) is 0 Å². The van der Waals surface area contributed by atoms with Gasteiger partial charge in [0.1, 0.15) is 24.1 Å². The van der Waals surface area contributed by atoms with Gasteiger partial charge in [0.25, 0.3) is 0 Å². The molecular formula is C64H57N3O9. The van der Waals surface area contributed by atoms with Gasteiger partial charge in [0.05, 0.1) is 5.56 Å². The molecule has 0 radical (unpaired) electrons. The van der Waals surface area contributed by atoms with Crippen molar-refractivity contribution < 1.29 is 49.3 Å². The van der Waals surface area contributed by atoms with Crippen molar-refractivity contribution in [3.8, 4) is 17.2 Å². The minimum atomic E-state index is -1.34. The first-order valence-electron chi connectivity index (χ1n) is 24.5. The van der Waals surface area contributed by atoms with E-state index >= 15 is 0 Å². The molecule has 9 aromatic rings. The maximum absolute atomic E-state index is 12.9. The molecule has 0 aliphatic heterocycles. The van der Waals surface area contributed by atoms with Gasteiger partial charge in [0.2, 0.25) is 22.8 Å². The number of rotatable bonds is 10. The number of ketones is 2. The predicted octanol–water partition coefficient (Wildman–Crippen LogP) is 12.1.